The van der Waals surface area contributed by atoms with Crippen LogP contribution in [0.2, 0.25) is 5.02 Å². The monoisotopic (exact) mass is 250 g/mol. The van der Waals surface area contributed by atoms with E-state index in [4.69, 9.17) is 17.3 Å². The number of anilines is 1. The Labute approximate surface area is 105 Å². The van der Waals surface area contributed by atoms with Crippen LogP contribution < -0.4 is 5.73 Å². The van der Waals surface area contributed by atoms with Gasteiger partial charge in [0.15, 0.2) is 11.6 Å². The first-order chi connectivity index (χ1) is 7.97. The standard InChI is InChI=1S/C12H15ClN4/c1-7(2)11-15-12(17(3)16-11)8-4-9(13)6-10(14)5-8/h4-7H,14H2,1-3H3. The van der Waals surface area contributed by atoms with E-state index in [2.05, 4.69) is 23.9 Å². The molecule has 2 N–H and O–H groups in total. The summed E-state index contributed by atoms with van der Waals surface area (Å²) < 4.78 is 1.75. The third-order valence-electron chi connectivity index (χ3n) is 2.47. The first kappa shape index (κ1) is 11.9. The van der Waals surface area contributed by atoms with E-state index in [0.717, 1.165) is 17.2 Å². The molecular formula is C12H15ClN4. The number of hydrogen-bond donors (Lipinski definition) is 1. The van der Waals surface area contributed by atoms with Crippen LogP contribution in [0.25, 0.3) is 11.4 Å². The molecule has 17 heavy (non-hydrogen) atoms. The number of nitrogen functional groups attached to an aromatic ring is 1. The molecule has 0 unspecified atom stereocenters. The summed E-state index contributed by atoms with van der Waals surface area (Å²) in [7, 11) is 1.87. The maximum atomic E-state index is 5.98. The number of nitrogens with two attached hydrogens (primary N) is 1. The number of aryl methyl sites for hydroxylation is 1. The summed E-state index contributed by atoms with van der Waals surface area (Å²) in [4.78, 5) is 4.50. The lowest BCUT2D eigenvalue weighted by atomic mass is 10.2. The lowest BCUT2D eigenvalue weighted by molar-refractivity contribution is 0.712. The molecule has 0 saturated heterocycles. The molecule has 0 spiro atoms. The molecule has 0 aliphatic rings. The number of rotatable bonds is 2. The van der Waals surface area contributed by atoms with Gasteiger partial charge < -0.3 is 5.73 Å². The van der Waals surface area contributed by atoms with Gasteiger partial charge in [0.05, 0.1) is 0 Å². The molecule has 90 valence electrons. The van der Waals surface area contributed by atoms with Crippen LogP contribution in [0.5, 0.6) is 0 Å². The number of benzene rings is 1. The molecule has 0 saturated carbocycles. The van der Waals surface area contributed by atoms with Gasteiger partial charge in [-0.25, -0.2) is 9.67 Å². The van der Waals surface area contributed by atoms with Gasteiger partial charge in [0.25, 0.3) is 0 Å². The van der Waals surface area contributed by atoms with Crippen LogP contribution >= 0.6 is 11.6 Å². The Hall–Kier alpha value is -1.55. The highest BCUT2D eigenvalue weighted by molar-refractivity contribution is 6.31. The SMILES string of the molecule is CC(C)c1nc(-c2cc(N)cc(Cl)c2)n(C)n1. The summed E-state index contributed by atoms with van der Waals surface area (Å²) in [5.41, 5.74) is 7.28. The predicted molar refractivity (Wildman–Crippen MR) is 70.0 cm³/mol. The smallest absolute Gasteiger partial charge is 0.158 e. The molecule has 1 aromatic heterocycles. The van der Waals surface area contributed by atoms with Gasteiger partial charge in [0.2, 0.25) is 0 Å². The van der Waals surface area contributed by atoms with Gasteiger partial charge in [-0.05, 0) is 18.2 Å². The summed E-state index contributed by atoms with van der Waals surface area (Å²) in [5.74, 6) is 1.90. The van der Waals surface area contributed by atoms with Crippen molar-refractivity contribution in [3.63, 3.8) is 0 Å². The molecule has 0 atom stereocenters. The first-order valence-electron chi connectivity index (χ1n) is 5.44. The second-order valence-corrected chi connectivity index (χ2v) is 4.78. The molecule has 0 radical (unpaired) electrons. The van der Waals surface area contributed by atoms with E-state index in [-0.39, 0.29) is 0 Å². The van der Waals surface area contributed by atoms with Crippen LogP contribution in [0.15, 0.2) is 18.2 Å². The van der Waals surface area contributed by atoms with Crippen molar-refractivity contribution in [3.05, 3.63) is 29.0 Å². The molecule has 0 amide bonds. The average molecular weight is 251 g/mol. The van der Waals surface area contributed by atoms with Crippen LogP contribution in [0, 0.1) is 0 Å². The van der Waals surface area contributed by atoms with Crippen molar-refractivity contribution in [3.8, 4) is 11.4 Å². The molecule has 5 heteroatoms. The molecule has 1 heterocycles. The Morgan fingerprint density at radius 1 is 1.29 bits per heavy atom. The highest BCUT2D eigenvalue weighted by Gasteiger charge is 2.12. The molecule has 2 aromatic rings. The number of aromatic nitrogens is 3. The summed E-state index contributed by atoms with van der Waals surface area (Å²) in [6.45, 7) is 4.12. The lowest BCUT2D eigenvalue weighted by Gasteiger charge is -2.02. The predicted octanol–water partition coefficient (Wildman–Crippen LogP) is 2.84. The third-order valence-corrected chi connectivity index (χ3v) is 2.69. The fourth-order valence-electron chi connectivity index (χ4n) is 1.64. The Morgan fingerprint density at radius 2 is 2.00 bits per heavy atom. The van der Waals surface area contributed by atoms with Crippen LogP contribution in [-0.4, -0.2) is 14.8 Å². The van der Waals surface area contributed by atoms with Gasteiger partial charge in [-0.1, -0.05) is 25.4 Å². The van der Waals surface area contributed by atoms with Crippen LogP contribution in [0.4, 0.5) is 5.69 Å². The Bertz CT molecular complexity index is 525. The average Bonchev–Trinajstić information content (AvgIpc) is 2.59. The second kappa shape index (κ2) is 4.37. The summed E-state index contributed by atoms with van der Waals surface area (Å²) in [5, 5.41) is 4.97. The highest BCUT2D eigenvalue weighted by atomic mass is 35.5. The van der Waals surface area contributed by atoms with Crippen LogP contribution in [-0.2, 0) is 7.05 Å². The first-order valence-corrected chi connectivity index (χ1v) is 5.82. The highest BCUT2D eigenvalue weighted by Crippen LogP contribution is 2.25. The second-order valence-electron chi connectivity index (χ2n) is 4.35. The van der Waals surface area contributed by atoms with E-state index < -0.39 is 0 Å². The quantitative estimate of drug-likeness (QED) is 0.834. The molecule has 0 aliphatic heterocycles. The third kappa shape index (κ3) is 2.42. The van der Waals surface area contributed by atoms with Crippen molar-refractivity contribution in [1.82, 2.24) is 14.8 Å². The van der Waals surface area contributed by atoms with Gasteiger partial charge in [-0.3, -0.25) is 0 Å². The van der Waals surface area contributed by atoms with E-state index >= 15 is 0 Å². The fraction of sp³-hybridized carbons (Fsp3) is 0.333. The Balaban J connectivity index is 2.52. The van der Waals surface area contributed by atoms with Gasteiger partial charge in [0, 0.05) is 29.2 Å². The molecule has 0 fully saturated rings. The Morgan fingerprint density at radius 3 is 2.53 bits per heavy atom. The maximum Gasteiger partial charge on any atom is 0.158 e. The van der Waals surface area contributed by atoms with Crippen molar-refractivity contribution in [2.75, 3.05) is 5.73 Å². The van der Waals surface area contributed by atoms with Crippen molar-refractivity contribution in [2.24, 2.45) is 7.05 Å². The largest absolute Gasteiger partial charge is 0.399 e. The Kier molecular flexibility index (Phi) is 3.07. The molecular weight excluding hydrogens is 236 g/mol. The molecule has 0 bridgehead atoms. The molecule has 2 rings (SSSR count). The van der Waals surface area contributed by atoms with Crippen LogP contribution in [0.3, 0.4) is 0 Å². The van der Waals surface area contributed by atoms with Gasteiger partial charge in [-0.2, -0.15) is 5.10 Å². The van der Waals surface area contributed by atoms with E-state index in [0.29, 0.717) is 16.6 Å². The van der Waals surface area contributed by atoms with Crippen molar-refractivity contribution in [1.29, 1.82) is 0 Å². The number of hydrogen-bond acceptors (Lipinski definition) is 3. The number of halogens is 1. The van der Waals surface area contributed by atoms with Crippen molar-refractivity contribution >= 4 is 17.3 Å². The van der Waals surface area contributed by atoms with Gasteiger partial charge >= 0.3 is 0 Å². The van der Waals surface area contributed by atoms with Crippen molar-refractivity contribution in [2.45, 2.75) is 19.8 Å². The molecule has 4 nitrogen and oxygen atoms in total. The summed E-state index contributed by atoms with van der Waals surface area (Å²) in [6, 6.07) is 5.40. The fourth-order valence-corrected chi connectivity index (χ4v) is 1.89. The maximum absolute atomic E-state index is 5.98. The summed E-state index contributed by atoms with van der Waals surface area (Å²) in [6.07, 6.45) is 0. The van der Waals surface area contributed by atoms with E-state index in [1.54, 1.807) is 10.7 Å². The van der Waals surface area contributed by atoms with Crippen LogP contribution in [0.1, 0.15) is 25.6 Å². The minimum absolute atomic E-state index is 0.298. The van der Waals surface area contributed by atoms with E-state index in [9.17, 15) is 0 Å². The topological polar surface area (TPSA) is 56.7 Å². The van der Waals surface area contributed by atoms with Gasteiger partial charge in [0.1, 0.15) is 0 Å². The lowest BCUT2D eigenvalue weighted by Crippen LogP contribution is -1.96. The molecule has 0 aliphatic carbocycles. The van der Waals surface area contributed by atoms with E-state index in [1.807, 2.05) is 19.2 Å². The minimum atomic E-state index is 0.298. The zero-order valence-electron chi connectivity index (χ0n) is 10.1. The number of nitrogens with zero attached hydrogens (tertiary/aromatic N) is 3. The van der Waals surface area contributed by atoms with Crippen molar-refractivity contribution < 1.29 is 0 Å². The van der Waals surface area contributed by atoms with E-state index in [1.165, 1.54) is 0 Å². The zero-order chi connectivity index (χ0) is 12.6. The summed E-state index contributed by atoms with van der Waals surface area (Å²) >= 11 is 5.98. The zero-order valence-corrected chi connectivity index (χ0v) is 10.9. The minimum Gasteiger partial charge on any atom is -0.399 e. The normalized spacial score (nSPS) is 11.1. The van der Waals surface area contributed by atoms with Gasteiger partial charge in [-0.15, -0.1) is 0 Å². The molecule has 1 aromatic carbocycles.